The number of esters is 1. The minimum Gasteiger partial charge on any atom is -0.461 e. The van der Waals surface area contributed by atoms with E-state index in [9.17, 15) is 19.5 Å². The van der Waals surface area contributed by atoms with Gasteiger partial charge in [0.05, 0.1) is 23.6 Å². The van der Waals surface area contributed by atoms with Gasteiger partial charge in [0, 0.05) is 34.5 Å². The summed E-state index contributed by atoms with van der Waals surface area (Å²) in [6.45, 7) is 16.9. The molecule has 3 aliphatic carbocycles. The molecule has 1 amide bonds. The summed E-state index contributed by atoms with van der Waals surface area (Å²) in [6, 6.07) is 0. The van der Waals surface area contributed by atoms with Crippen molar-refractivity contribution < 1.29 is 24.2 Å². The maximum absolute atomic E-state index is 13.5. The number of hydrogen-bond acceptors (Lipinski definition) is 8. The normalized spacial score (nSPS) is 38.3. The number of nitrogens with one attached hydrogen (secondary N) is 1. The maximum atomic E-state index is 13.5. The number of carbonyl (C=O) groups is 3. The van der Waals surface area contributed by atoms with Crippen LogP contribution in [0.2, 0.25) is 0 Å². The van der Waals surface area contributed by atoms with Gasteiger partial charge in [0.2, 0.25) is 0 Å². The minimum atomic E-state index is -0.682. The van der Waals surface area contributed by atoms with Crippen LogP contribution in [0.1, 0.15) is 83.3 Å². The summed E-state index contributed by atoms with van der Waals surface area (Å²) in [5.74, 6) is -0.247. The number of thioether (sulfide) groups is 1. The Bertz CT molecular complexity index is 1110. The van der Waals surface area contributed by atoms with Crippen molar-refractivity contribution in [2.75, 3.05) is 12.3 Å². The van der Waals surface area contributed by atoms with Gasteiger partial charge in [-0.1, -0.05) is 33.8 Å². The first kappa shape index (κ1) is 30.3. The molecule has 1 aromatic rings. The number of Topliss-reactive ketones (excluding diaryl/α,β-unsaturated/α-hetero) is 1. The lowest BCUT2D eigenvalue weighted by Crippen LogP contribution is -2.63. The fourth-order valence-corrected chi connectivity index (χ4v) is 8.99. The van der Waals surface area contributed by atoms with Crippen LogP contribution in [0.3, 0.4) is 0 Å². The first-order valence-electron chi connectivity index (χ1n) is 14.0. The highest BCUT2D eigenvalue weighted by Crippen LogP contribution is 2.68. The van der Waals surface area contributed by atoms with Crippen molar-refractivity contribution in [3.05, 3.63) is 29.2 Å². The highest BCUT2D eigenvalue weighted by atomic mass is 32.2. The van der Waals surface area contributed by atoms with E-state index >= 15 is 0 Å². The Morgan fingerprint density at radius 2 is 2.05 bits per heavy atom. The number of ether oxygens (including phenoxy) is 1. The molecule has 4 rings (SSSR count). The summed E-state index contributed by atoms with van der Waals surface area (Å²) >= 11 is 2.72. The van der Waals surface area contributed by atoms with Gasteiger partial charge in [-0.2, -0.15) is 0 Å². The van der Waals surface area contributed by atoms with Crippen LogP contribution in [0, 0.1) is 34.0 Å². The van der Waals surface area contributed by atoms with Crippen molar-refractivity contribution in [1.82, 2.24) is 10.3 Å². The molecule has 39 heavy (non-hydrogen) atoms. The summed E-state index contributed by atoms with van der Waals surface area (Å²) in [4.78, 5) is 43.8. The molecule has 216 valence electrons. The number of hydrogen-bond donors (Lipinski definition) is 2. The summed E-state index contributed by atoms with van der Waals surface area (Å²) < 4.78 is 5.93. The molecular formula is C30H44N2O5S2. The van der Waals surface area contributed by atoms with E-state index in [0.29, 0.717) is 24.3 Å². The van der Waals surface area contributed by atoms with Crippen LogP contribution >= 0.6 is 23.1 Å². The third-order valence-corrected chi connectivity index (χ3v) is 12.6. The van der Waals surface area contributed by atoms with Crippen molar-refractivity contribution in [2.24, 2.45) is 34.0 Å². The molecule has 3 fully saturated rings. The van der Waals surface area contributed by atoms with Gasteiger partial charge in [-0.25, -0.2) is 0 Å². The third kappa shape index (κ3) is 5.35. The van der Waals surface area contributed by atoms with Gasteiger partial charge in [-0.15, -0.1) is 29.7 Å². The molecule has 8 atom stereocenters. The van der Waals surface area contributed by atoms with E-state index in [2.05, 4.69) is 37.7 Å². The van der Waals surface area contributed by atoms with Crippen LogP contribution in [0.5, 0.6) is 0 Å². The van der Waals surface area contributed by atoms with Gasteiger partial charge in [-0.05, 0) is 56.8 Å². The molecule has 0 aliphatic heterocycles. The monoisotopic (exact) mass is 576 g/mol. The van der Waals surface area contributed by atoms with Gasteiger partial charge in [-0.3, -0.25) is 19.4 Å². The summed E-state index contributed by atoms with van der Waals surface area (Å²) in [6.07, 6.45) is 5.72. The number of nitrogens with zero attached hydrogens (tertiary/aromatic N) is 1. The lowest BCUT2D eigenvalue weighted by atomic mass is 9.44. The van der Waals surface area contributed by atoms with E-state index < -0.39 is 27.8 Å². The van der Waals surface area contributed by atoms with Gasteiger partial charge in [0.25, 0.3) is 5.91 Å². The first-order valence-corrected chi connectivity index (χ1v) is 15.9. The Morgan fingerprint density at radius 3 is 2.69 bits per heavy atom. The van der Waals surface area contributed by atoms with Gasteiger partial charge in [0.1, 0.15) is 16.8 Å². The van der Waals surface area contributed by atoms with Crippen LogP contribution in [0.4, 0.5) is 0 Å². The summed E-state index contributed by atoms with van der Waals surface area (Å²) in [7, 11) is 0. The molecule has 0 radical (unpaired) electrons. The SMILES string of the molecule is C=C[C@]1(C)C[C@@H](OC(=O)CSC(C)(C)CNC(=O)c2cncs2)[C@]2(C)[C@H](C)CC[C@]3(CCC(=O)[C@H]32)[C@@H](C)[C@@H]1O. The van der Waals surface area contributed by atoms with E-state index in [0.717, 1.165) is 19.3 Å². The Labute approximate surface area is 241 Å². The standard InChI is InChI=1S/C30H44N2O5S2/c1-8-28(6)13-22(37-23(34)15-39-27(4,5)16-32-26(36)21-14-31-17-38-21)29(7)18(2)9-11-30(19(3)25(28)35)12-10-20(33)24(29)30/h8,14,17-19,22,24-25,35H,1,9-13,15-16H2,2-7H3,(H,32,36)/t18-,19+,22-,24+,25+,28-,29+,30+/m1/s1. The van der Waals surface area contributed by atoms with Crippen molar-refractivity contribution in [3.63, 3.8) is 0 Å². The topological polar surface area (TPSA) is 106 Å². The molecule has 0 saturated heterocycles. The lowest BCUT2D eigenvalue weighted by Gasteiger charge is -2.61. The highest BCUT2D eigenvalue weighted by molar-refractivity contribution is 8.01. The quantitative estimate of drug-likeness (QED) is 0.320. The zero-order valence-corrected chi connectivity index (χ0v) is 25.8. The van der Waals surface area contributed by atoms with Crippen LogP contribution < -0.4 is 5.32 Å². The highest BCUT2D eigenvalue weighted by Gasteiger charge is 2.68. The summed E-state index contributed by atoms with van der Waals surface area (Å²) in [5, 5.41) is 14.6. The van der Waals surface area contributed by atoms with E-state index in [1.54, 1.807) is 5.51 Å². The molecule has 0 aromatic carbocycles. The number of carbonyl (C=O) groups excluding carboxylic acids is 3. The average molecular weight is 577 g/mol. The molecule has 1 heterocycles. The second-order valence-corrected chi connectivity index (χ2v) is 15.7. The van der Waals surface area contributed by atoms with Gasteiger partial charge >= 0.3 is 5.97 Å². The van der Waals surface area contributed by atoms with E-state index in [-0.39, 0.29) is 46.6 Å². The average Bonchev–Trinajstić information content (AvgIpc) is 3.56. The first-order chi connectivity index (χ1) is 18.2. The Morgan fingerprint density at radius 1 is 1.33 bits per heavy atom. The number of ketones is 1. The predicted molar refractivity (Wildman–Crippen MR) is 156 cm³/mol. The number of aromatic nitrogens is 1. The number of rotatable bonds is 8. The molecule has 2 bridgehead atoms. The number of amides is 1. The molecule has 0 spiro atoms. The van der Waals surface area contributed by atoms with Crippen LogP contribution in [0.25, 0.3) is 0 Å². The van der Waals surface area contributed by atoms with E-state index in [4.69, 9.17) is 4.74 Å². The van der Waals surface area contributed by atoms with Crippen LogP contribution in [0.15, 0.2) is 24.4 Å². The molecule has 1 aromatic heterocycles. The molecular weight excluding hydrogens is 532 g/mol. The Balaban J connectivity index is 1.53. The number of aliphatic hydroxyl groups excluding tert-OH is 1. The fraction of sp³-hybridized carbons (Fsp3) is 0.733. The Hall–Kier alpha value is -1.71. The van der Waals surface area contributed by atoms with Crippen molar-refractivity contribution >= 4 is 40.8 Å². The zero-order chi connectivity index (χ0) is 28.8. The van der Waals surface area contributed by atoms with Crippen molar-refractivity contribution in [2.45, 2.75) is 90.6 Å². The van der Waals surface area contributed by atoms with Crippen molar-refractivity contribution in [1.29, 1.82) is 0 Å². The van der Waals surface area contributed by atoms with Crippen molar-refractivity contribution in [3.8, 4) is 0 Å². The molecule has 9 heteroatoms. The van der Waals surface area contributed by atoms with E-state index in [1.165, 1.54) is 29.3 Å². The molecule has 2 N–H and O–H groups in total. The zero-order valence-electron chi connectivity index (χ0n) is 24.1. The largest absolute Gasteiger partial charge is 0.461 e. The maximum Gasteiger partial charge on any atom is 0.316 e. The second-order valence-electron chi connectivity index (χ2n) is 13.2. The molecule has 3 saturated carbocycles. The van der Waals surface area contributed by atoms with Crippen LogP contribution in [-0.4, -0.2) is 57.0 Å². The lowest BCUT2D eigenvalue weighted by molar-refractivity contribution is -0.205. The number of thiazole rings is 1. The Kier molecular flexibility index (Phi) is 8.48. The summed E-state index contributed by atoms with van der Waals surface area (Å²) in [5.41, 5.74) is 0.150. The molecule has 7 nitrogen and oxygen atoms in total. The number of aliphatic hydroxyl groups is 1. The molecule has 3 aliphatic rings. The van der Waals surface area contributed by atoms with Gasteiger partial charge < -0.3 is 15.2 Å². The third-order valence-electron chi connectivity index (χ3n) is 10.5. The minimum absolute atomic E-state index is 0.0584. The van der Waals surface area contributed by atoms with Crippen LogP contribution in [-0.2, 0) is 14.3 Å². The molecule has 0 unspecified atom stereocenters. The van der Waals surface area contributed by atoms with E-state index in [1.807, 2.05) is 26.8 Å². The van der Waals surface area contributed by atoms with Gasteiger partial charge in [0.15, 0.2) is 0 Å². The second kappa shape index (κ2) is 10.9. The smallest absolute Gasteiger partial charge is 0.316 e. The predicted octanol–water partition coefficient (Wildman–Crippen LogP) is 5.29. The fourth-order valence-electron chi connectivity index (χ4n) is 7.71.